The summed E-state index contributed by atoms with van der Waals surface area (Å²) in [5, 5.41) is 3.70. The Morgan fingerprint density at radius 3 is 2.21 bits per heavy atom. The van der Waals surface area contributed by atoms with E-state index in [-0.39, 0.29) is 18.5 Å². The van der Waals surface area contributed by atoms with E-state index in [0.717, 1.165) is 48.2 Å². The van der Waals surface area contributed by atoms with Crippen LogP contribution in [0.15, 0.2) is 48.5 Å². The number of benzene rings is 2. The van der Waals surface area contributed by atoms with E-state index >= 15 is 0 Å². The Hall–Kier alpha value is -2.78. The highest BCUT2D eigenvalue weighted by Gasteiger charge is 2.32. The van der Waals surface area contributed by atoms with Gasteiger partial charge in [0.15, 0.2) is 0 Å². The number of hydrogen-bond donors (Lipinski definition) is 1. The molecule has 1 aliphatic rings. The molecule has 3 rings (SSSR count). The van der Waals surface area contributed by atoms with Gasteiger partial charge >= 0.3 is 0 Å². The molecule has 2 amide bonds. The van der Waals surface area contributed by atoms with Crippen molar-refractivity contribution < 1.29 is 22.7 Å². The molecule has 8 nitrogen and oxygen atoms in total. The summed E-state index contributed by atoms with van der Waals surface area (Å²) in [7, 11) is -3.80. The third-order valence-electron chi connectivity index (χ3n) is 6.72. The van der Waals surface area contributed by atoms with Gasteiger partial charge in [-0.05, 0) is 68.1 Å². The molecular formula is C28H38ClN3O5S. The number of hydrogen-bond acceptors (Lipinski definition) is 5. The zero-order valence-electron chi connectivity index (χ0n) is 22.4. The smallest absolute Gasteiger partial charge is 0.244 e. The molecule has 0 heterocycles. The molecule has 38 heavy (non-hydrogen) atoms. The lowest BCUT2D eigenvalue weighted by molar-refractivity contribution is -0.140. The Morgan fingerprint density at radius 1 is 1.03 bits per heavy atom. The second-order valence-electron chi connectivity index (χ2n) is 9.61. The number of amides is 2. The van der Waals surface area contributed by atoms with Gasteiger partial charge in [-0.2, -0.15) is 0 Å². The summed E-state index contributed by atoms with van der Waals surface area (Å²) >= 11 is 6.05. The van der Waals surface area contributed by atoms with Crippen molar-refractivity contribution in [2.24, 2.45) is 0 Å². The zero-order chi connectivity index (χ0) is 27.7. The van der Waals surface area contributed by atoms with Crippen molar-refractivity contribution >= 4 is 39.1 Å². The fourth-order valence-corrected chi connectivity index (χ4v) is 5.71. The maximum absolute atomic E-state index is 13.8. The molecule has 0 spiro atoms. The predicted molar refractivity (Wildman–Crippen MR) is 151 cm³/mol. The molecule has 0 saturated heterocycles. The minimum Gasteiger partial charge on any atom is -0.494 e. The van der Waals surface area contributed by atoms with Crippen molar-refractivity contribution in [3.8, 4) is 5.75 Å². The van der Waals surface area contributed by atoms with Crippen LogP contribution in [0.4, 0.5) is 5.69 Å². The van der Waals surface area contributed by atoms with Crippen LogP contribution in [-0.4, -0.2) is 56.6 Å². The molecule has 208 valence electrons. The quantitative estimate of drug-likeness (QED) is 0.401. The van der Waals surface area contributed by atoms with Crippen molar-refractivity contribution in [2.75, 3.05) is 23.7 Å². The molecule has 0 unspecified atom stereocenters. The largest absolute Gasteiger partial charge is 0.494 e. The fraction of sp³-hybridized carbons (Fsp3) is 0.500. The first-order valence-electron chi connectivity index (χ1n) is 13.2. The van der Waals surface area contributed by atoms with Crippen molar-refractivity contribution in [3.05, 3.63) is 59.1 Å². The van der Waals surface area contributed by atoms with Gasteiger partial charge < -0.3 is 15.0 Å². The van der Waals surface area contributed by atoms with E-state index in [2.05, 4.69) is 5.32 Å². The summed E-state index contributed by atoms with van der Waals surface area (Å²) in [4.78, 5) is 28.7. The molecular weight excluding hydrogens is 526 g/mol. The van der Waals surface area contributed by atoms with Crippen LogP contribution in [-0.2, 0) is 26.2 Å². The van der Waals surface area contributed by atoms with Gasteiger partial charge in [-0.1, -0.05) is 49.9 Å². The molecule has 0 aliphatic heterocycles. The summed E-state index contributed by atoms with van der Waals surface area (Å²) in [5.41, 5.74) is 1.13. The van der Waals surface area contributed by atoms with E-state index < -0.39 is 28.5 Å². The molecule has 10 heteroatoms. The van der Waals surface area contributed by atoms with E-state index in [0.29, 0.717) is 29.5 Å². The Labute approximate surface area is 231 Å². The standard InChI is InChI=1S/C28H38ClN3O5S/c1-4-26(28(34)30-23-9-7-6-8-10-23)31(19-21-11-13-22(29)14-12-21)27(33)20-32(38(3,35)36)24-15-17-25(18-16-24)37-5-2/h11-18,23,26H,4-10,19-20H2,1-3H3,(H,30,34)/t26-/m1/s1. The van der Waals surface area contributed by atoms with Crippen LogP contribution in [0, 0.1) is 0 Å². The molecule has 1 fully saturated rings. The highest BCUT2D eigenvalue weighted by atomic mass is 35.5. The molecule has 1 aliphatic carbocycles. The van der Waals surface area contributed by atoms with Crippen molar-refractivity contribution in [1.82, 2.24) is 10.2 Å². The first kappa shape index (κ1) is 29.8. The Kier molecular flexibility index (Phi) is 10.8. The molecule has 0 aromatic heterocycles. The lowest BCUT2D eigenvalue weighted by atomic mass is 9.95. The van der Waals surface area contributed by atoms with Crippen LogP contribution in [0.2, 0.25) is 5.02 Å². The molecule has 2 aromatic carbocycles. The lowest BCUT2D eigenvalue weighted by Crippen LogP contribution is -2.53. The van der Waals surface area contributed by atoms with Crippen LogP contribution in [0.1, 0.15) is 57.9 Å². The molecule has 0 radical (unpaired) electrons. The molecule has 1 N–H and O–H groups in total. The highest BCUT2D eigenvalue weighted by Crippen LogP contribution is 2.24. The summed E-state index contributed by atoms with van der Waals surface area (Å²) in [6.07, 6.45) is 6.60. The van der Waals surface area contributed by atoms with Gasteiger partial charge in [0.25, 0.3) is 0 Å². The Morgan fingerprint density at radius 2 is 1.66 bits per heavy atom. The van der Waals surface area contributed by atoms with E-state index in [4.69, 9.17) is 16.3 Å². The lowest BCUT2D eigenvalue weighted by Gasteiger charge is -2.34. The van der Waals surface area contributed by atoms with E-state index in [1.165, 1.54) is 4.90 Å². The van der Waals surface area contributed by atoms with Gasteiger partial charge in [-0.25, -0.2) is 8.42 Å². The highest BCUT2D eigenvalue weighted by molar-refractivity contribution is 7.92. The van der Waals surface area contributed by atoms with Crippen LogP contribution in [0.25, 0.3) is 0 Å². The van der Waals surface area contributed by atoms with Gasteiger partial charge in [-0.3, -0.25) is 13.9 Å². The maximum Gasteiger partial charge on any atom is 0.244 e. The summed E-state index contributed by atoms with van der Waals surface area (Å²) in [5.74, 6) is -0.0792. The van der Waals surface area contributed by atoms with E-state index in [9.17, 15) is 18.0 Å². The van der Waals surface area contributed by atoms with Gasteiger partial charge in [0, 0.05) is 17.6 Å². The topological polar surface area (TPSA) is 96.0 Å². The number of halogens is 1. The number of anilines is 1. The summed E-state index contributed by atoms with van der Waals surface area (Å²) in [6.45, 7) is 3.91. The maximum atomic E-state index is 13.8. The molecule has 1 atom stereocenters. The minimum absolute atomic E-state index is 0.0918. The molecule has 0 bridgehead atoms. The van der Waals surface area contributed by atoms with Crippen molar-refractivity contribution in [2.45, 2.75) is 71.0 Å². The average Bonchev–Trinajstić information content (AvgIpc) is 2.89. The Balaban J connectivity index is 1.89. The number of nitrogens with zero attached hydrogens (tertiary/aromatic N) is 2. The number of nitrogens with one attached hydrogen (secondary N) is 1. The summed E-state index contributed by atoms with van der Waals surface area (Å²) in [6, 6.07) is 12.9. The molecule has 1 saturated carbocycles. The van der Waals surface area contributed by atoms with E-state index in [1.807, 2.05) is 13.8 Å². The first-order valence-corrected chi connectivity index (χ1v) is 15.4. The van der Waals surface area contributed by atoms with Crippen LogP contribution in [0.3, 0.4) is 0 Å². The SMILES string of the molecule is CCOc1ccc(N(CC(=O)N(Cc2ccc(Cl)cc2)[C@H](CC)C(=O)NC2CCCCC2)S(C)(=O)=O)cc1. The molecule has 2 aromatic rings. The Bertz CT molecular complexity index is 1170. The van der Waals surface area contributed by atoms with Crippen molar-refractivity contribution in [3.63, 3.8) is 0 Å². The van der Waals surface area contributed by atoms with Gasteiger partial charge in [0.05, 0.1) is 18.6 Å². The second kappa shape index (κ2) is 13.8. The number of carbonyl (C=O) groups is 2. The van der Waals surface area contributed by atoms with Gasteiger partial charge in [-0.15, -0.1) is 0 Å². The minimum atomic E-state index is -3.80. The van der Waals surface area contributed by atoms with Gasteiger partial charge in [0.1, 0.15) is 18.3 Å². The normalized spacial score (nSPS) is 14.9. The number of carbonyl (C=O) groups excluding carboxylic acids is 2. The van der Waals surface area contributed by atoms with Crippen LogP contribution in [0.5, 0.6) is 5.75 Å². The number of rotatable bonds is 12. The summed E-state index contributed by atoms with van der Waals surface area (Å²) < 4.78 is 32.0. The van der Waals surface area contributed by atoms with Crippen LogP contribution < -0.4 is 14.4 Å². The zero-order valence-corrected chi connectivity index (χ0v) is 23.9. The monoisotopic (exact) mass is 563 g/mol. The van der Waals surface area contributed by atoms with Crippen molar-refractivity contribution in [1.29, 1.82) is 0 Å². The number of sulfonamides is 1. The second-order valence-corrected chi connectivity index (χ2v) is 12.0. The first-order chi connectivity index (χ1) is 18.1. The van der Waals surface area contributed by atoms with Gasteiger partial charge in [0.2, 0.25) is 21.8 Å². The van der Waals surface area contributed by atoms with E-state index in [1.54, 1.807) is 48.5 Å². The average molecular weight is 564 g/mol. The number of ether oxygens (including phenoxy) is 1. The predicted octanol–water partition coefficient (Wildman–Crippen LogP) is 4.76. The fourth-order valence-electron chi connectivity index (χ4n) is 4.74. The third kappa shape index (κ3) is 8.36. The van der Waals surface area contributed by atoms with Crippen LogP contribution >= 0.6 is 11.6 Å². The third-order valence-corrected chi connectivity index (χ3v) is 8.11.